The summed E-state index contributed by atoms with van der Waals surface area (Å²) < 4.78 is 22.1. The Balaban J connectivity index is 2.29. The summed E-state index contributed by atoms with van der Waals surface area (Å²) in [5.41, 5.74) is 2.63. The van der Waals surface area contributed by atoms with Gasteiger partial charge < -0.3 is 18.9 Å². The highest BCUT2D eigenvalue weighted by Gasteiger charge is 2.27. The predicted molar refractivity (Wildman–Crippen MR) is 130 cm³/mol. The number of carbonyl (C=O) groups is 1. The van der Waals surface area contributed by atoms with Crippen LogP contribution in [0.4, 0.5) is 0 Å². The van der Waals surface area contributed by atoms with Crippen molar-refractivity contribution in [3.63, 3.8) is 0 Å². The molecular weight excluding hydrogens is 416 g/mol. The molecule has 5 nitrogen and oxygen atoms in total. The van der Waals surface area contributed by atoms with Crippen LogP contribution in [0, 0.1) is 5.41 Å². The van der Waals surface area contributed by atoms with Crippen LogP contribution in [0.2, 0.25) is 0 Å². The van der Waals surface area contributed by atoms with Crippen LogP contribution in [0.15, 0.2) is 72.8 Å². The fourth-order valence-electron chi connectivity index (χ4n) is 3.19. The van der Waals surface area contributed by atoms with E-state index in [0.29, 0.717) is 5.76 Å². The number of esters is 1. The molecule has 0 saturated carbocycles. The summed E-state index contributed by atoms with van der Waals surface area (Å²) in [6.07, 6.45) is 0. The highest BCUT2D eigenvalue weighted by Crippen LogP contribution is 2.36. The maximum absolute atomic E-state index is 13.0. The van der Waals surface area contributed by atoms with Gasteiger partial charge in [-0.3, -0.25) is 4.79 Å². The number of benzene rings is 3. The molecule has 5 heteroatoms. The highest BCUT2D eigenvalue weighted by molar-refractivity contribution is 5.99. The van der Waals surface area contributed by atoms with Gasteiger partial charge in [-0.25, -0.2) is 0 Å². The molecule has 0 aliphatic rings. The molecule has 172 valence electrons. The van der Waals surface area contributed by atoms with Crippen LogP contribution < -0.4 is 14.2 Å². The van der Waals surface area contributed by atoms with E-state index in [0.717, 1.165) is 39.5 Å². The lowest BCUT2D eigenvalue weighted by Crippen LogP contribution is -2.23. The van der Waals surface area contributed by atoms with E-state index in [1.54, 1.807) is 21.3 Å². The van der Waals surface area contributed by atoms with Crippen molar-refractivity contribution in [2.24, 2.45) is 5.41 Å². The number of rotatable bonds is 7. The van der Waals surface area contributed by atoms with Gasteiger partial charge in [-0.15, -0.1) is 0 Å². The van der Waals surface area contributed by atoms with Crippen molar-refractivity contribution in [3.05, 3.63) is 89.5 Å². The normalized spacial score (nSPS) is 10.8. The van der Waals surface area contributed by atoms with E-state index < -0.39 is 5.41 Å². The Bertz CT molecular complexity index is 1050. The Kier molecular flexibility index (Phi) is 7.44. The number of carbonyl (C=O) groups excluding carboxylic acids is 1. The molecule has 0 amide bonds. The fraction of sp³-hybridized carbons (Fsp3) is 0.250. The molecule has 0 heterocycles. The van der Waals surface area contributed by atoms with Crippen molar-refractivity contribution in [1.82, 2.24) is 0 Å². The van der Waals surface area contributed by atoms with Crippen molar-refractivity contribution in [3.8, 4) is 17.2 Å². The minimum atomic E-state index is -0.678. The SMILES string of the molecule is COc1ccc(C(OC(=O)C(C)(C)C)=C(c2ccc(OC)cc2)c2ccc(OC)cc2)cc1. The summed E-state index contributed by atoms with van der Waals surface area (Å²) in [5.74, 6) is 2.34. The number of hydrogen-bond donors (Lipinski definition) is 0. The van der Waals surface area contributed by atoms with Gasteiger partial charge in [-0.05, 0) is 80.4 Å². The molecule has 0 radical (unpaired) electrons. The van der Waals surface area contributed by atoms with Gasteiger partial charge in [-0.1, -0.05) is 24.3 Å². The van der Waals surface area contributed by atoms with Crippen LogP contribution in [0.3, 0.4) is 0 Å². The molecule has 0 N–H and O–H groups in total. The molecule has 0 unspecified atom stereocenters. The number of methoxy groups -OCH3 is 3. The first kappa shape index (κ1) is 23.9. The van der Waals surface area contributed by atoms with Crippen molar-refractivity contribution in [1.29, 1.82) is 0 Å². The van der Waals surface area contributed by atoms with Gasteiger partial charge in [0.25, 0.3) is 0 Å². The summed E-state index contributed by atoms with van der Waals surface area (Å²) >= 11 is 0. The average molecular weight is 447 g/mol. The maximum atomic E-state index is 13.0. The van der Waals surface area contributed by atoms with Crippen molar-refractivity contribution in [2.75, 3.05) is 21.3 Å². The Hall–Kier alpha value is -3.73. The first-order chi connectivity index (χ1) is 15.8. The van der Waals surface area contributed by atoms with Gasteiger partial charge >= 0.3 is 5.97 Å². The third kappa shape index (κ3) is 5.75. The second kappa shape index (κ2) is 10.3. The predicted octanol–water partition coefficient (Wildman–Crippen LogP) is 6.22. The van der Waals surface area contributed by atoms with E-state index in [1.807, 2.05) is 93.6 Å². The molecule has 0 fully saturated rings. The van der Waals surface area contributed by atoms with E-state index >= 15 is 0 Å². The monoisotopic (exact) mass is 446 g/mol. The van der Waals surface area contributed by atoms with Crippen molar-refractivity contribution >= 4 is 17.3 Å². The van der Waals surface area contributed by atoms with Crippen LogP contribution in [-0.2, 0) is 9.53 Å². The van der Waals surface area contributed by atoms with Gasteiger partial charge in [0.2, 0.25) is 0 Å². The summed E-state index contributed by atoms with van der Waals surface area (Å²) in [6, 6.07) is 22.8. The molecule has 0 aliphatic carbocycles. The lowest BCUT2D eigenvalue weighted by atomic mass is 9.93. The van der Waals surface area contributed by atoms with Crippen LogP contribution in [-0.4, -0.2) is 27.3 Å². The Morgan fingerprint density at radius 3 is 1.21 bits per heavy atom. The topological polar surface area (TPSA) is 54.0 Å². The zero-order valence-corrected chi connectivity index (χ0v) is 20.0. The Labute approximate surface area is 195 Å². The summed E-state index contributed by atoms with van der Waals surface area (Å²) in [6.45, 7) is 5.50. The van der Waals surface area contributed by atoms with Crippen LogP contribution >= 0.6 is 0 Å². The van der Waals surface area contributed by atoms with Crippen molar-refractivity contribution < 1.29 is 23.7 Å². The molecule has 3 aromatic rings. The molecule has 3 aromatic carbocycles. The zero-order valence-electron chi connectivity index (χ0n) is 20.0. The third-order valence-corrected chi connectivity index (χ3v) is 5.14. The minimum absolute atomic E-state index is 0.326. The average Bonchev–Trinajstić information content (AvgIpc) is 2.83. The van der Waals surface area contributed by atoms with Crippen LogP contribution in [0.5, 0.6) is 17.2 Å². The van der Waals surface area contributed by atoms with E-state index in [9.17, 15) is 4.79 Å². The number of hydrogen-bond acceptors (Lipinski definition) is 5. The summed E-state index contributed by atoms with van der Waals surface area (Å²) in [5, 5.41) is 0. The molecule has 0 spiro atoms. The zero-order chi connectivity index (χ0) is 24.0. The van der Waals surface area contributed by atoms with Gasteiger partial charge in [-0.2, -0.15) is 0 Å². The molecule has 0 saturated heterocycles. The fourth-order valence-corrected chi connectivity index (χ4v) is 3.19. The molecule has 33 heavy (non-hydrogen) atoms. The van der Waals surface area contributed by atoms with Crippen LogP contribution in [0.1, 0.15) is 37.5 Å². The first-order valence-corrected chi connectivity index (χ1v) is 10.7. The summed E-state index contributed by atoms with van der Waals surface area (Å²) in [7, 11) is 4.87. The third-order valence-electron chi connectivity index (χ3n) is 5.14. The van der Waals surface area contributed by atoms with E-state index in [4.69, 9.17) is 18.9 Å². The molecule has 0 aromatic heterocycles. The van der Waals surface area contributed by atoms with Crippen LogP contribution in [0.25, 0.3) is 11.3 Å². The quantitative estimate of drug-likeness (QED) is 0.245. The van der Waals surface area contributed by atoms with E-state index in [-0.39, 0.29) is 5.97 Å². The molecule has 3 rings (SSSR count). The number of ether oxygens (including phenoxy) is 4. The van der Waals surface area contributed by atoms with Gasteiger partial charge in [0, 0.05) is 11.1 Å². The molecule has 0 aliphatic heterocycles. The molecule has 0 bridgehead atoms. The van der Waals surface area contributed by atoms with E-state index in [1.165, 1.54) is 0 Å². The summed E-state index contributed by atoms with van der Waals surface area (Å²) in [4.78, 5) is 13.0. The first-order valence-electron chi connectivity index (χ1n) is 10.7. The highest BCUT2D eigenvalue weighted by atomic mass is 16.5. The minimum Gasteiger partial charge on any atom is -0.497 e. The largest absolute Gasteiger partial charge is 0.497 e. The maximum Gasteiger partial charge on any atom is 0.316 e. The lowest BCUT2D eigenvalue weighted by molar-refractivity contribution is -0.145. The Morgan fingerprint density at radius 2 is 0.909 bits per heavy atom. The lowest BCUT2D eigenvalue weighted by Gasteiger charge is -2.22. The van der Waals surface area contributed by atoms with Gasteiger partial charge in [0.15, 0.2) is 0 Å². The van der Waals surface area contributed by atoms with Gasteiger partial charge in [0.1, 0.15) is 23.0 Å². The smallest absolute Gasteiger partial charge is 0.316 e. The molecule has 0 atom stereocenters. The molecular formula is C28H30O5. The standard InChI is InChI=1S/C28H30O5/c1-28(2,3)27(29)33-26(21-11-17-24(32-6)18-12-21)25(19-7-13-22(30-4)14-8-19)20-9-15-23(31-5)16-10-20/h7-18H,1-6H3. The second-order valence-electron chi connectivity index (χ2n) is 8.53. The second-order valence-corrected chi connectivity index (χ2v) is 8.53. The van der Waals surface area contributed by atoms with Crippen molar-refractivity contribution in [2.45, 2.75) is 20.8 Å². The Morgan fingerprint density at radius 1 is 0.576 bits per heavy atom. The van der Waals surface area contributed by atoms with Gasteiger partial charge in [0.05, 0.1) is 26.7 Å². The van der Waals surface area contributed by atoms with E-state index in [2.05, 4.69) is 0 Å².